The highest BCUT2D eigenvalue weighted by Crippen LogP contribution is 2.10. The fourth-order valence-corrected chi connectivity index (χ4v) is 0.486. The van der Waals surface area contributed by atoms with Gasteiger partial charge in [0.2, 0.25) is 0 Å². The number of hydrogen-bond donors (Lipinski definition) is 0. The second-order valence-corrected chi connectivity index (χ2v) is 2.29. The van der Waals surface area contributed by atoms with Gasteiger partial charge in [-0.2, -0.15) is 0 Å². The van der Waals surface area contributed by atoms with Gasteiger partial charge >= 0.3 is 6.07 Å². The summed E-state index contributed by atoms with van der Waals surface area (Å²) >= 11 is 0. The molecule has 0 aliphatic carbocycles. The van der Waals surface area contributed by atoms with E-state index in [0.717, 1.165) is 0 Å². The molecule has 0 aromatic rings. The highest BCUT2D eigenvalue weighted by Gasteiger charge is 2.35. The van der Waals surface area contributed by atoms with Crippen molar-refractivity contribution in [2.24, 2.45) is 0 Å². The van der Waals surface area contributed by atoms with Crippen molar-refractivity contribution in [1.82, 2.24) is 0 Å². The fourth-order valence-electron chi connectivity index (χ4n) is 0.486. The molecule has 0 bridgehead atoms. The van der Waals surface area contributed by atoms with Crippen LogP contribution in [0.2, 0.25) is 0 Å². The van der Waals surface area contributed by atoms with Crippen LogP contribution >= 0.6 is 0 Å². The number of terminal acetylenes is 1. The number of ketones is 1. The molecule has 0 saturated heterocycles. The SMILES string of the molecule is C#CCOC(C)(C#[N+][O-])C(C)=O. The molecule has 0 aromatic heterocycles. The van der Waals surface area contributed by atoms with Crippen LogP contribution in [0.5, 0.6) is 0 Å². The van der Waals surface area contributed by atoms with Gasteiger partial charge in [-0.05, 0) is 13.8 Å². The van der Waals surface area contributed by atoms with Gasteiger partial charge in [-0.25, -0.2) is 0 Å². The quantitative estimate of drug-likeness (QED) is 0.461. The Kier molecular flexibility index (Phi) is 3.82. The lowest BCUT2D eigenvalue weighted by molar-refractivity contribution is -0.132. The predicted molar refractivity (Wildman–Crippen MR) is 44.5 cm³/mol. The van der Waals surface area contributed by atoms with E-state index in [0.29, 0.717) is 0 Å². The third kappa shape index (κ3) is 2.61. The molecular weight excluding hydrogens is 158 g/mol. The van der Waals surface area contributed by atoms with Crippen molar-refractivity contribution in [3.8, 4) is 18.4 Å². The molecule has 4 nitrogen and oxygen atoms in total. The summed E-state index contributed by atoms with van der Waals surface area (Å²) in [5.74, 6) is 1.81. The molecule has 4 heteroatoms. The molecule has 0 amide bonds. The van der Waals surface area contributed by atoms with Crippen LogP contribution in [0.25, 0.3) is 5.01 Å². The topological polar surface area (TPSA) is 53.7 Å². The Hall–Kier alpha value is -1.52. The molecule has 1 atom stereocenters. The summed E-state index contributed by atoms with van der Waals surface area (Å²) in [5.41, 5.74) is -1.41. The maximum atomic E-state index is 10.9. The van der Waals surface area contributed by atoms with E-state index < -0.39 is 5.60 Å². The average Bonchev–Trinajstić information content (AvgIpc) is 2.01. The van der Waals surface area contributed by atoms with Gasteiger partial charge in [0.1, 0.15) is 6.61 Å². The van der Waals surface area contributed by atoms with E-state index in [2.05, 4.69) is 10.9 Å². The van der Waals surface area contributed by atoms with E-state index in [9.17, 15) is 10.0 Å². The average molecular weight is 167 g/mol. The van der Waals surface area contributed by atoms with E-state index in [1.807, 2.05) is 6.07 Å². The first-order chi connectivity index (χ1) is 5.56. The molecule has 0 fully saturated rings. The van der Waals surface area contributed by atoms with Crippen LogP contribution in [-0.2, 0) is 9.53 Å². The summed E-state index contributed by atoms with van der Waals surface area (Å²) < 4.78 is 4.89. The van der Waals surface area contributed by atoms with Crippen LogP contribution in [0.4, 0.5) is 0 Å². The first-order valence-electron chi connectivity index (χ1n) is 3.25. The van der Waals surface area contributed by atoms with Gasteiger partial charge in [-0.15, -0.1) is 6.42 Å². The minimum Gasteiger partial charge on any atom is -0.498 e. The zero-order valence-corrected chi connectivity index (χ0v) is 6.96. The number of hydrogen-bond acceptors (Lipinski definition) is 3. The zero-order valence-electron chi connectivity index (χ0n) is 6.96. The number of carbonyl (C=O) groups excluding carboxylic acids is 1. The van der Waals surface area contributed by atoms with Gasteiger partial charge < -0.3 is 9.94 Å². The van der Waals surface area contributed by atoms with Crippen molar-refractivity contribution >= 4 is 5.78 Å². The lowest BCUT2D eigenvalue weighted by atomic mass is 10.0. The van der Waals surface area contributed by atoms with Crippen LogP contribution in [0.1, 0.15) is 13.8 Å². The number of nitrogens with zero attached hydrogens (tertiary/aromatic N) is 1. The Morgan fingerprint density at radius 3 is 2.75 bits per heavy atom. The van der Waals surface area contributed by atoms with E-state index in [4.69, 9.17) is 11.2 Å². The monoisotopic (exact) mass is 167 g/mol. The number of ether oxygens (including phenoxy) is 1. The second kappa shape index (κ2) is 4.38. The van der Waals surface area contributed by atoms with Crippen LogP contribution in [0, 0.1) is 23.6 Å². The molecular formula is C8H9NO3. The van der Waals surface area contributed by atoms with Crippen LogP contribution in [0.15, 0.2) is 0 Å². The second-order valence-electron chi connectivity index (χ2n) is 2.29. The first kappa shape index (κ1) is 10.5. The standard InChI is InChI=1S/C8H9NO3/c1-4-5-12-8(3,6-9-11)7(2)10/h1H,5H2,2-3H3. The molecule has 0 aliphatic heterocycles. The highest BCUT2D eigenvalue weighted by molar-refractivity contribution is 5.87. The Labute approximate surface area is 70.9 Å². The maximum absolute atomic E-state index is 10.9. The normalized spacial score (nSPS) is 13.4. The summed E-state index contributed by atoms with van der Waals surface area (Å²) in [7, 11) is 0. The molecule has 1 unspecified atom stereocenters. The number of carbonyl (C=O) groups is 1. The third-order valence-corrected chi connectivity index (χ3v) is 1.37. The summed E-state index contributed by atoms with van der Waals surface area (Å²) in [6.45, 7) is 2.60. The van der Waals surface area contributed by atoms with Crippen molar-refractivity contribution in [3.05, 3.63) is 10.2 Å². The third-order valence-electron chi connectivity index (χ3n) is 1.37. The van der Waals surface area contributed by atoms with Crippen molar-refractivity contribution in [2.75, 3.05) is 6.61 Å². The minimum absolute atomic E-state index is 0.0569. The van der Waals surface area contributed by atoms with Crippen LogP contribution in [-0.4, -0.2) is 18.0 Å². The van der Waals surface area contributed by atoms with Crippen LogP contribution in [0.3, 0.4) is 0 Å². The van der Waals surface area contributed by atoms with Crippen molar-refractivity contribution in [1.29, 1.82) is 0 Å². The van der Waals surface area contributed by atoms with E-state index in [1.54, 1.807) is 0 Å². The summed E-state index contributed by atoms with van der Waals surface area (Å²) in [4.78, 5) is 10.9. The fraction of sp³-hybridized carbons (Fsp3) is 0.500. The van der Waals surface area contributed by atoms with Gasteiger partial charge in [-0.1, -0.05) is 5.92 Å². The Morgan fingerprint density at radius 1 is 1.83 bits per heavy atom. The Bertz CT molecular complexity index is 268. The molecule has 0 saturated carbocycles. The molecule has 0 aliphatic rings. The number of rotatable bonds is 3. The smallest absolute Gasteiger partial charge is 0.341 e. The molecule has 0 N–H and O–H groups in total. The lowest BCUT2D eigenvalue weighted by Gasteiger charge is -2.13. The lowest BCUT2D eigenvalue weighted by Crippen LogP contribution is -2.35. The van der Waals surface area contributed by atoms with Crippen molar-refractivity contribution in [2.45, 2.75) is 19.4 Å². The van der Waals surface area contributed by atoms with E-state index in [1.165, 1.54) is 13.8 Å². The minimum atomic E-state index is -1.41. The van der Waals surface area contributed by atoms with Gasteiger partial charge in [0.15, 0.2) is 5.78 Å². The summed E-state index contributed by atoms with van der Waals surface area (Å²) in [6.07, 6.45) is 4.91. The summed E-state index contributed by atoms with van der Waals surface area (Å²) in [5, 5.41) is 12.2. The Morgan fingerprint density at radius 2 is 2.42 bits per heavy atom. The van der Waals surface area contributed by atoms with Gasteiger partial charge in [0.25, 0.3) is 5.60 Å². The van der Waals surface area contributed by atoms with Crippen LogP contribution < -0.4 is 0 Å². The highest BCUT2D eigenvalue weighted by atomic mass is 16.5. The molecule has 0 rings (SSSR count). The molecule has 64 valence electrons. The molecule has 12 heavy (non-hydrogen) atoms. The zero-order chi connectivity index (χ0) is 9.61. The summed E-state index contributed by atoms with van der Waals surface area (Å²) in [6, 6.07) is 2.00. The van der Waals surface area contributed by atoms with Gasteiger partial charge in [-0.3, -0.25) is 4.79 Å². The van der Waals surface area contributed by atoms with Gasteiger partial charge in [0, 0.05) is 5.01 Å². The molecule has 0 aromatic carbocycles. The van der Waals surface area contributed by atoms with Gasteiger partial charge in [0.05, 0.1) is 0 Å². The largest absolute Gasteiger partial charge is 0.498 e. The Balaban J connectivity index is 4.49. The number of Topliss-reactive ketones (excluding diaryl/α,β-unsaturated/α-hetero) is 1. The maximum Gasteiger partial charge on any atom is 0.341 e. The van der Waals surface area contributed by atoms with E-state index in [-0.39, 0.29) is 12.4 Å². The first-order valence-corrected chi connectivity index (χ1v) is 3.25. The van der Waals surface area contributed by atoms with Crippen molar-refractivity contribution in [3.63, 3.8) is 0 Å². The van der Waals surface area contributed by atoms with E-state index >= 15 is 0 Å². The van der Waals surface area contributed by atoms with Crippen molar-refractivity contribution < 1.29 is 9.53 Å². The molecule has 0 spiro atoms. The molecule has 0 heterocycles. The molecule has 0 radical (unpaired) electrons. The predicted octanol–water partition coefficient (Wildman–Crippen LogP) is 0.815.